The highest BCUT2D eigenvalue weighted by Crippen LogP contribution is 2.30. The largest absolute Gasteiger partial charge is 0.312 e. The molecule has 0 unspecified atom stereocenters. The number of anilines is 1. The van der Waals surface area contributed by atoms with Crippen molar-refractivity contribution in [1.29, 1.82) is 0 Å². The number of ketones is 1. The molecule has 15 heavy (non-hydrogen) atoms. The number of thiazole rings is 1. The van der Waals surface area contributed by atoms with Gasteiger partial charge in [0.05, 0.1) is 0 Å². The van der Waals surface area contributed by atoms with Gasteiger partial charge in [-0.15, -0.1) is 11.3 Å². The van der Waals surface area contributed by atoms with Crippen molar-refractivity contribution in [2.24, 2.45) is 0 Å². The van der Waals surface area contributed by atoms with E-state index in [2.05, 4.69) is 10.3 Å². The molecular formula is C9H12N2O2S2. The van der Waals surface area contributed by atoms with Crippen LogP contribution in [0, 0.1) is 0 Å². The van der Waals surface area contributed by atoms with Gasteiger partial charge in [-0.2, -0.15) is 0 Å². The van der Waals surface area contributed by atoms with Gasteiger partial charge >= 0.3 is 0 Å². The highest BCUT2D eigenvalue weighted by atomic mass is 32.2. The molecule has 0 spiro atoms. The molecule has 1 aromatic rings. The zero-order valence-corrected chi connectivity index (χ0v) is 10.2. The highest BCUT2D eigenvalue weighted by molar-refractivity contribution is 8.00. The second-order valence-electron chi connectivity index (χ2n) is 2.80. The maximum Gasteiger partial charge on any atom is 0.212 e. The predicted octanol–water partition coefficient (Wildman–Crippen LogP) is 2.42. The van der Waals surface area contributed by atoms with Crippen LogP contribution in [0.15, 0.2) is 4.34 Å². The van der Waals surface area contributed by atoms with Gasteiger partial charge < -0.3 is 5.32 Å². The molecule has 6 heteroatoms. The van der Waals surface area contributed by atoms with E-state index in [9.17, 15) is 9.59 Å². The van der Waals surface area contributed by atoms with E-state index in [0.717, 1.165) is 10.8 Å². The van der Waals surface area contributed by atoms with Crippen molar-refractivity contribution in [1.82, 2.24) is 4.98 Å². The van der Waals surface area contributed by atoms with Crippen molar-refractivity contribution in [3.05, 3.63) is 4.88 Å². The van der Waals surface area contributed by atoms with Gasteiger partial charge in [0.2, 0.25) is 6.41 Å². The van der Waals surface area contributed by atoms with E-state index in [1.165, 1.54) is 23.1 Å². The number of rotatable bonds is 6. The summed E-state index contributed by atoms with van der Waals surface area (Å²) in [6.45, 7) is 1.95. The number of nitrogens with one attached hydrogen (secondary N) is 1. The van der Waals surface area contributed by atoms with Crippen LogP contribution in [0.3, 0.4) is 0 Å². The molecule has 82 valence electrons. The molecule has 1 amide bonds. The molecule has 1 rings (SSSR count). The molecule has 0 aromatic carbocycles. The second-order valence-corrected chi connectivity index (χ2v) is 4.85. The Labute approximate surface area is 96.5 Å². The van der Waals surface area contributed by atoms with Crippen LogP contribution in [0.1, 0.15) is 29.4 Å². The first kappa shape index (κ1) is 12.2. The summed E-state index contributed by atoms with van der Waals surface area (Å²) in [5.74, 6) is 0.428. The topological polar surface area (TPSA) is 59.1 Å². The predicted molar refractivity (Wildman–Crippen MR) is 62.8 cm³/mol. The zero-order chi connectivity index (χ0) is 11.3. The van der Waals surface area contributed by atoms with Crippen molar-refractivity contribution >= 4 is 41.1 Å². The number of thioether (sulfide) groups is 1. The van der Waals surface area contributed by atoms with Crippen LogP contribution in [-0.2, 0) is 4.79 Å². The number of carbonyl (C=O) groups excluding carboxylic acids is 2. The molecule has 0 bridgehead atoms. The van der Waals surface area contributed by atoms with Crippen LogP contribution in [-0.4, -0.2) is 23.4 Å². The summed E-state index contributed by atoms with van der Waals surface area (Å²) < 4.78 is 0.791. The van der Waals surface area contributed by atoms with E-state index in [0.29, 0.717) is 23.5 Å². The van der Waals surface area contributed by atoms with Crippen LogP contribution in [0.5, 0.6) is 0 Å². The fourth-order valence-electron chi connectivity index (χ4n) is 1.07. The normalized spacial score (nSPS) is 10.0. The molecular weight excluding hydrogens is 232 g/mol. The van der Waals surface area contributed by atoms with Crippen LogP contribution in [0.4, 0.5) is 5.82 Å². The Morgan fingerprint density at radius 1 is 1.67 bits per heavy atom. The van der Waals surface area contributed by atoms with Gasteiger partial charge in [-0.05, 0) is 12.7 Å². The lowest BCUT2D eigenvalue weighted by atomic mass is 10.2. The lowest BCUT2D eigenvalue weighted by Crippen LogP contribution is -2.02. The minimum Gasteiger partial charge on any atom is -0.312 e. The fraction of sp³-hybridized carbons (Fsp3) is 0.444. The van der Waals surface area contributed by atoms with Crippen LogP contribution in [0.25, 0.3) is 0 Å². The Morgan fingerprint density at radius 2 is 2.40 bits per heavy atom. The van der Waals surface area contributed by atoms with Crippen LogP contribution >= 0.6 is 23.1 Å². The lowest BCUT2D eigenvalue weighted by Gasteiger charge is -1.97. The Balaban J connectivity index is 2.97. The first-order valence-corrected chi connectivity index (χ1v) is 6.55. The number of Topliss-reactive ketones (excluding diaryl/α,β-unsaturated/α-hetero) is 1. The van der Waals surface area contributed by atoms with Gasteiger partial charge in [0.25, 0.3) is 0 Å². The molecule has 0 saturated heterocycles. The summed E-state index contributed by atoms with van der Waals surface area (Å²) in [5.41, 5.74) is 0. The van der Waals surface area contributed by atoms with Gasteiger partial charge in [-0.25, -0.2) is 4.98 Å². The summed E-state index contributed by atoms with van der Waals surface area (Å²) >= 11 is 2.79. The molecule has 0 saturated carbocycles. The Morgan fingerprint density at radius 3 is 2.93 bits per heavy atom. The Kier molecular flexibility index (Phi) is 4.77. The minimum atomic E-state index is 0.0413. The molecule has 0 aliphatic rings. The van der Waals surface area contributed by atoms with Crippen LogP contribution < -0.4 is 5.32 Å². The van der Waals surface area contributed by atoms with Crippen molar-refractivity contribution in [2.75, 3.05) is 11.6 Å². The molecule has 0 fully saturated rings. The van der Waals surface area contributed by atoms with Gasteiger partial charge in [-0.3, -0.25) is 9.59 Å². The molecule has 0 atom stereocenters. The average molecular weight is 244 g/mol. The summed E-state index contributed by atoms with van der Waals surface area (Å²) in [6, 6.07) is 0. The van der Waals surface area contributed by atoms with Gasteiger partial charge in [0.1, 0.15) is 4.88 Å². The van der Waals surface area contributed by atoms with E-state index in [-0.39, 0.29) is 5.78 Å². The smallest absolute Gasteiger partial charge is 0.212 e. The fourth-order valence-corrected chi connectivity index (χ4v) is 2.57. The molecule has 1 aromatic heterocycles. The first-order chi connectivity index (χ1) is 7.22. The summed E-state index contributed by atoms with van der Waals surface area (Å²) in [6.07, 6.45) is 3.72. The van der Waals surface area contributed by atoms with Gasteiger partial charge in [0.15, 0.2) is 15.9 Å². The van der Waals surface area contributed by atoms with E-state index in [4.69, 9.17) is 0 Å². The summed E-state index contributed by atoms with van der Waals surface area (Å²) in [5, 5.41) is 2.45. The standard InChI is InChI=1S/C9H12N2O2S2/c1-3-4-6(13)7-8(10-5-12)11-9(14-2)15-7/h5H,3-4H2,1-2H3,(H,10,12). The van der Waals surface area contributed by atoms with E-state index >= 15 is 0 Å². The molecule has 1 N–H and O–H groups in total. The number of amides is 1. The number of aromatic nitrogens is 1. The van der Waals surface area contributed by atoms with Gasteiger partial charge in [-0.1, -0.05) is 18.7 Å². The van der Waals surface area contributed by atoms with Crippen molar-refractivity contribution in [3.63, 3.8) is 0 Å². The number of carbonyl (C=O) groups is 2. The Hall–Kier alpha value is -0.880. The van der Waals surface area contributed by atoms with Gasteiger partial charge in [0, 0.05) is 6.42 Å². The van der Waals surface area contributed by atoms with E-state index < -0.39 is 0 Å². The van der Waals surface area contributed by atoms with Crippen molar-refractivity contribution in [3.8, 4) is 0 Å². The minimum absolute atomic E-state index is 0.0413. The maximum absolute atomic E-state index is 11.7. The third kappa shape index (κ3) is 3.04. The Bertz CT molecular complexity index is 363. The van der Waals surface area contributed by atoms with Crippen molar-refractivity contribution < 1.29 is 9.59 Å². The SMILES string of the molecule is CCCC(=O)c1sc(SC)nc1NC=O. The van der Waals surface area contributed by atoms with E-state index in [1.807, 2.05) is 13.2 Å². The number of nitrogens with zero attached hydrogens (tertiary/aromatic N) is 1. The highest BCUT2D eigenvalue weighted by Gasteiger charge is 2.16. The molecule has 1 heterocycles. The monoisotopic (exact) mass is 244 g/mol. The number of hydrogen-bond acceptors (Lipinski definition) is 5. The van der Waals surface area contributed by atoms with E-state index in [1.54, 1.807) is 0 Å². The van der Waals surface area contributed by atoms with Crippen LogP contribution in [0.2, 0.25) is 0 Å². The average Bonchev–Trinajstić information content (AvgIpc) is 2.62. The zero-order valence-electron chi connectivity index (χ0n) is 8.57. The quantitative estimate of drug-likeness (QED) is 0.474. The number of hydrogen-bond donors (Lipinski definition) is 1. The second kappa shape index (κ2) is 5.87. The van der Waals surface area contributed by atoms with Crippen molar-refractivity contribution in [2.45, 2.75) is 24.1 Å². The third-order valence-corrected chi connectivity index (χ3v) is 3.79. The third-order valence-electron chi connectivity index (χ3n) is 1.71. The molecule has 0 aliphatic heterocycles. The molecule has 0 aliphatic carbocycles. The lowest BCUT2D eigenvalue weighted by molar-refractivity contribution is -0.105. The maximum atomic E-state index is 11.7. The first-order valence-electron chi connectivity index (χ1n) is 4.51. The molecule has 0 radical (unpaired) electrons. The summed E-state index contributed by atoms with van der Waals surface area (Å²) in [4.78, 5) is 26.7. The molecule has 4 nitrogen and oxygen atoms in total. The summed E-state index contributed by atoms with van der Waals surface area (Å²) in [7, 11) is 0.